The predicted molar refractivity (Wildman–Crippen MR) is 80.3 cm³/mol. The lowest BCUT2D eigenvalue weighted by Crippen LogP contribution is -2.56. The molecule has 117 valence electrons. The fraction of sp³-hybridized carbons (Fsp3) is 0.933. The fourth-order valence-corrected chi connectivity index (χ4v) is 5.05. The smallest absolute Gasteiger partial charge is 0.108 e. The molecule has 1 aliphatic carbocycles. The first-order valence-corrected chi connectivity index (χ1v) is 8.42. The number of aliphatic hydroxyl groups is 4. The molecule has 0 aromatic rings. The molecular weight excluding hydrogens is 276 g/mol. The van der Waals surface area contributed by atoms with Gasteiger partial charge in [0.2, 0.25) is 0 Å². The van der Waals surface area contributed by atoms with Crippen molar-refractivity contribution in [2.75, 3.05) is 6.61 Å². The maximum atomic E-state index is 10.3. The van der Waals surface area contributed by atoms with E-state index < -0.39 is 23.6 Å². The van der Waals surface area contributed by atoms with Gasteiger partial charge < -0.3 is 20.4 Å². The molecule has 20 heavy (non-hydrogen) atoms. The van der Waals surface area contributed by atoms with E-state index in [1.54, 1.807) is 0 Å². The highest BCUT2D eigenvalue weighted by Crippen LogP contribution is 2.45. The van der Waals surface area contributed by atoms with E-state index in [0.717, 1.165) is 25.7 Å². The summed E-state index contributed by atoms with van der Waals surface area (Å²) in [5, 5.41) is 39.0. The van der Waals surface area contributed by atoms with Crippen LogP contribution in [0, 0.1) is 17.8 Å². The molecule has 6 atom stereocenters. The van der Waals surface area contributed by atoms with E-state index in [0.29, 0.717) is 0 Å². The molecule has 0 amide bonds. The first kappa shape index (κ1) is 16.6. The van der Waals surface area contributed by atoms with Gasteiger partial charge in [-0.2, -0.15) is 0 Å². The van der Waals surface area contributed by atoms with Gasteiger partial charge in [-0.3, -0.25) is 0 Å². The Bertz CT molecular complexity index is 321. The first-order valence-electron chi connectivity index (χ1n) is 7.48. The van der Waals surface area contributed by atoms with Crippen molar-refractivity contribution in [3.05, 3.63) is 6.42 Å². The van der Waals surface area contributed by atoms with Crippen LogP contribution in [0.4, 0.5) is 0 Å². The highest BCUT2D eigenvalue weighted by molar-refractivity contribution is 8.00. The van der Waals surface area contributed by atoms with Crippen molar-refractivity contribution < 1.29 is 20.4 Å². The van der Waals surface area contributed by atoms with Crippen molar-refractivity contribution >= 4 is 11.8 Å². The summed E-state index contributed by atoms with van der Waals surface area (Å²) in [5.74, 6) is 0.281. The van der Waals surface area contributed by atoms with E-state index >= 15 is 0 Å². The van der Waals surface area contributed by atoms with Crippen molar-refractivity contribution in [1.29, 1.82) is 0 Å². The SMILES string of the molecule is CC1(C)CC[CH]CC([C@H]2S[C@@H](CO)[C@H](O)[C@H](O)[C@H]2O)C1. The molecule has 5 heteroatoms. The third-order valence-electron chi connectivity index (χ3n) is 4.70. The van der Waals surface area contributed by atoms with E-state index in [9.17, 15) is 20.4 Å². The van der Waals surface area contributed by atoms with Crippen LogP contribution in [-0.4, -0.2) is 55.8 Å². The fourth-order valence-electron chi connectivity index (χ4n) is 3.49. The molecule has 1 radical (unpaired) electrons. The molecule has 0 aromatic carbocycles. The molecule has 1 saturated carbocycles. The van der Waals surface area contributed by atoms with Gasteiger partial charge in [0.25, 0.3) is 0 Å². The summed E-state index contributed by atoms with van der Waals surface area (Å²) in [6.45, 7) is 4.31. The second-order valence-electron chi connectivity index (χ2n) is 6.98. The van der Waals surface area contributed by atoms with Gasteiger partial charge in [-0.15, -0.1) is 11.8 Å². The van der Waals surface area contributed by atoms with Crippen LogP contribution in [0.1, 0.15) is 39.5 Å². The second kappa shape index (κ2) is 6.53. The minimum absolute atomic E-state index is 0.126. The zero-order valence-electron chi connectivity index (χ0n) is 12.3. The van der Waals surface area contributed by atoms with E-state index in [2.05, 4.69) is 20.3 Å². The van der Waals surface area contributed by atoms with Crippen LogP contribution in [0.2, 0.25) is 0 Å². The van der Waals surface area contributed by atoms with Gasteiger partial charge in [0.05, 0.1) is 24.1 Å². The molecule has 1 heterocycles. The summed E-state index contributed by atoms with van der Waals surface area (Å²) >= 11 is 1.44. The maximum Gasteiger partial charge on any atom is 0.108 e. The monoisotopic (exact) mass is 303 g/mol. The van der Waals surface area contributed by atoms with Crippen molar-refractivity contribution in [2.24, 2.45) is 11.3 Å². The van der Waals surface area contributed by atoms with Crippen molar-refractivity contribution in [1.82, 2.24) is 0 Å². The van der Waals surface area contributed by atoms with Crippen LogP contribution in [0.25, 0.3) is 0 Å². The number of hydrogen-bond donors (Lipinski definition) is 4. The summed E-state index contributed by atoms with van der Waals surface area (Å²) in [6.07, 6.45) is 3.29. The summed E-state index contributed by atoms with van der Waals surface area (Å²) in [5.41, 5.74) is 0.230. The van der Waals surface area contributed by atoms with Gasteiger partial charge in [-0.25, -0.2) is 0 Å². The highest BCUT2D eigenvalue weighted by atomic mass is 32.2. The van der Waals surface area contributed by atoms with Gasteiger partial charge in [0, 0.05) is 5.25 Å². The molecule has 4 nitrogen and oxygen atoms in total. The molecule has 0 spiro atoms. The molecule has 2 fully saturated rings. The lowest BCUT2D eigenvalue weighted by molar-refractivity contribution is -0.0757. The number of thioether (sulfide) groups is 1. The summed E-state index contributed by atoms with van der Waals surface area (Å²) in [7, 11) is 0. The Morgan fingerprint density at radius 2 is 1.85 bits per heavy atom. The average molecular weight is 303 g/mol. The molecule has 0 aromatic heterocycles. The molecule has 1 saturated heterocycles. The minimum atomic E-state index is -1.16. The Labute approximate surface area is 125 Å². The van der Waals surface area contributed by atoms with Crippen LogP contribution in [0.3, 0.4) is 0 Å². The lowest BCUT2D eigenvalue weighted by Gasteiger charge is -2.43. The molecule has 1 aliphatic heterocycles. The first-order chi connectivity index (χ1) is 9.35. The Kier molecular flexibility index (Phi) is 5.40. The van der Waals surface area contributed by atoms with Crippen molar-refractivity contribution in [3.8, 4) is 0 Å². The zero-order valence-corrected chi connectivity index (χ0v) is 13.1. The van der Waals surface area contributed by atoms with Gasteiger partial charge in [0.15, 0.2) is 0 Å². The molecule has 2 aliphatic rings. The van der Waals surface area contributed by atoms with Crippen LogP contribution in [0.5, 0.6) is 0 Å². The summed E-state index contributed by atoms with van der Waals surface area (Å²) in [6, 6.07) is 0. The van der Waals surface area contributed by atoms with Gasteiger partial charge in [-0.05, 0) is 43.4 Å². The van der Waals surface area contributed by atoms with Crippen LogP contribution in [0.15, 0.2) is 0 Å². The van der Waals surface area contributed by atoms with Crippen LogP contribution >= 0.6 is 11.8 Å². The third-order valence-corrected chi connectivity index (χ3v) is 6.46. The molecule has 4 N–H and O–H groups in total. The second-order valence-corrected chi connectivity index (χ2v) is 8.41. The zero-order chi connectivity index (χ0) is 14.9. The molecule has 2 rings (SSSR count). The van der Waals surface area contributed by atoms with Crippen molar-refractivity contribution in [2.45, 2.75) is 68.3 Å². The summed E-state index contributed by atoms with van der Waals surface area (Å²) < 4.78 is 0. The standard InChI is InChI=1S/C15H27O4S/c1-15(2)6-4-3-5-9(7-15)14-13(19)12(18)11(17)10(8-16)20-14/h3,9-14,16-19H,4-8H2,1-2H3/t9?,10-,11-,12-,13+,14+/m0/s1. The average Bonchev–Trinajstić information content (AvgIpc) is 2.57. The maximum absolute atomic E-state index is 10.3. The minimum Gasteiger partial charge on any atom is -0.395 e. The lowest BCUT2D eigenvalue weighted by atomic mass is 9.78. The quantitative estimate of drug-likeness (QED) is 0.572. The Balaban J connectivity index is 2.13. The largest absolute Gasteiger partial charge is 0.395 e. The van der Waals surface area contributed by atoms with E-state index in [1.807, 2.05) is 0 Å². The van der Waals surface area contributed by atoms with E-state index in [1.165, 1.54) is 11.8 Å². The number of hydrogen-bond acceptors (Lipinski definition) is 5. The Morgan fingerprint density at radius 1 is 1.15 bits per heavy atom. The van der Waals surface area contributed by atoms with Crippen LogP contribution in [-0.2, 0) is 0 Å². The van der Waals surface area contributed by atoms with E-state index in [-0.39, 0.29) is 23.2 Å². The Hall–Kier alpha value is 0.190. The van der Waals surface area contributed by atoms with Crippen molar-refractivity contribution in [3.63, 3.8) is 0 Å². The number of rotatable bonds is 2. The normalized spacial score (nSPS) is 45.9. The molecular formula is C15H27O4S. The van der Waals surface area contributed by atoms with Gasteiger partial charge in [0.1, 0.15) is 6.10 Å². The third kappa shape index (κ3) is 3.50. The predicted octanol–water partition coefficient (Wildman–Crippen LogP) is 0.966. The van der Waals surface area contributed by atoms with Gasteiger partial charge in [-0.1, -0.05) is 13.8 Å². The van der Waals surface area contributed by atoms with E-state index in [4.69, 9.17) is 0 Å². The Morgan fingerprint density at radius 3 is 2.50 bits per heavy atom. The topological polar surface area (TPSA) is 80.9 Å². The molecule has 1 unspecified atom stereocenters. The number of aliphatic hydroxyl groups excluding tert-OH is 4. The van der Waals surface area contributed by atoms with Gasteiger partial charge >= 0.3 is 0 Å². The van der Waals surface area contributed by atoms with Crippen LogP contribution < -0.4 is 0 Å². The highest BCUT2D eigenvalue weighted by Gasteiger charge is 2.46. The molecule has 0 bridgehead atoms. The summed E-state index contributed by atoms with van der Waals surface area (Å²) in [4.78, 5) is 0.